The molecule has 0 aliphatic carbocycles. The Labute approximate surface area is 95.8 Å². The molecular formula is C12H19N3O. The van der Waals surface area contributed by atoms with Crippen molar-refractivity contribution in [2.24, 2.45) is 5.92 Å². The van der Waals surface area contributed by atoms with E-state index in [-0.39, 0.29) is 0 Å². The standard InChI is InChI=1S/C12H19N3O/c1-8-12(10-2-3-13-7-10)15-11(16-8)4-9-5-14-6-9/h9-10,13-14H,2-7H2,1H3. The van der Waals surface area contributed by atoms with E-state index in [1.807, 2.05) is 6.92 Å². The van der Waals surface area contributed by atoms with E-state index in [2.05, 4.69) is 15.6 Å². The van der Waals surface area contributed by atoms with Crippen molar-refractivity contribution in [3.8, 4) is 0 Å². The van der Waals surface area contributed by atoms with E-state index in [4.69, 9.17) is 4.42 Å². The first-order valence-electron chi connectivity index (χ1n) is 6.20. The highest BCUT2D eigenvalue weighted by Gasteiger charge is 2.25. The van der Waals surface area contributed by atoms with E-state index in [9.17, 15) is 0 Å². The molecule has 88 valence electrons. The average Bonchev–Trinajstić information content (AvgIpc) is 2.80. The Morgan fingerprint density at radius 1 is 1.31 bits per heavy atom. The zero-order valence-corrected chi connectivity index (χ0v) is 9.75. The highest BCUT2D eigenvalue weighted by Crippen LogP contribution is 2.26. The van der Waals surface area contributed by atoms with Crippen molar-refractivity contribution in [3.63, 3.8) is 0 Å². The molecule has 2 fully saturated rings. The van der Waals surface area contributed by atoms with Crippen LogP contribution in [0.15, 0.2) is 4.42 Å². The van der Waals surface area contributed by atoms with Crippen LogP contribution in [-0.4, -0.2) is 31.2 Å². The highest BCUT2D eigenvalue weighted by molar-refractivity contribution is 5.16. The summed E-state index contributed by atoms with van der Waals surface area (Å²) < 4.78 is 5.77. The summed E-state index contributed by atoms with van der Waals surface area (Å²) in [7, 11) is 0. The second kappa shape index (κ2) is 4.18. The van der Waals surface area contributed by atoms with Gasteiger partial charge in [-0.25, -0.2) is 4.98 Å². The SMILES string of the molecule is Cc1oc(CC2CNC2)nc1C1CCNC1. The molecule has 0 aromatic carbocycles. The summed E-state index contributed by atoms with van der Waals surface area (Å²) >= 11 is 0. The minimum atomic E-state index is 0.567. The Morgan fingerprint density at radius 2 is 2.19 bits per heavy atom. The predicted octanol–water partition coefficient (Wildman–Crippen LogP) is 0.822. The Balaban J connectivity index is 1.72. The van der Waals surface area contributed by atoms with Gasteiger partial charge in [0, 0.05) is 18.9 Å². The van der Waals surface area contributed by atoms with Gasteiger partial charge < -0.3 is 15.1 Å². The van der Waals surface area contributed by atoms with Crippen LogP contribution in [0.1, 0.15) is 29.7 Å². The van der Waals surface area contributed by atoms with Crippen LogP contribution in [0.5, 0.6) is 0 Å². The van der Waals surface area contributed by atoms with Crippen LogP contribution in [0.25, 0.3) is 0 Å². The molecule has 0 amide bonds. The van der Waals surface area contributed by atoms with E-state index in [1.54, 1.807) is 0 Å². The maximum absolute atomic E-state index is 5.77. The predicted molar refractivity (Wildman–Crippen MR) is 61.5 cm³/mol. The molecule has 0 radical (unpaired) electrons. The minimum Gasteiger partial charge on any atom is -0.446 e. The van der Waals surface area contributed by atoms with Crippen molar-refractivity contribution < 1.29 is 4.42 Å². The molecule has 4 nitrogen and oxygen atoms in total. The molecule has 2 aliphatic heterocycles. The number of nitrogens with zero attached hydrogens (tertiary/aromatic N) is 1. The van der Waals surface area contributed by atoms with Crippen molar-refractivity contribution in [1.82, 2.24) is 15.6 Å². The number of aryl methyl sites for hydroxylation is 1. The Hall–Kier alpha value is -0.870. The third-order valence-corrected chi connectivity index (χ3v) is 3.65. The summed E-state index contributed by atoms with van der Waals surface area (Å²) in [4.78, 5) is 4.68. The lowest BCUT2D eigenvalue weighted by Gasteiger charge is -2.25. The summed E-state index contributed by atoms with van der Waals surface area (Å²) in [5.74, 6) is 3.26. The van der Waals surface area contributed by atoms with Gasteiger partial charge >= 0.3 is 0 Å². The van der Waals surface area contributed by atoms with Crippen molar-refractivity contribution in [2.45, 2.75) is 25.7 Å². The number of hydrogen-bond acceptors (Lipinski definition) is 4. The van der Waals surface area contributed by atoms with E-state index in [0.717, 1.165) is 50.2 Å². The van der Waals surface area contributed by atoms with Gasteiger partial charge in [-0.3, -0.25) is 0 Å². The summed E-state index contributed by atoms with van der Waals surface area (Å²) in [5.41, 5.74) is 1.19. The van der Waals surface area contributed by atoms with Gasteiger partial charge in [0.05, 0.1) is 5.69 Å². The van der Waals surface area contributed by atoms with Gasteiger partial charge in [0.15, 0.2) is 5.89 Å². The maximum Gasteiger partial charge on any atom is 0.194 e. The molecule has 0 bridgehead atoms. The lowest BCUT2D eigenvalue weighted by atomic mass is 9.99. The van der Waals surface area contributed by atoms with Crippen LogP contribution in [0.4, 0.5) is 0 Å². The minimum absolute atomic E-state index is 0.567. The van der Waals surface area contributed by atoms with Gasteiger partial charge in [-0.1, -0.05) is 0 Å². The van der Waals surface area contributed by atoms with Crippen LogP contribution in [-0.2, 0) is 6.42 Å². The summed E-state index contributed by atoms with van der Waals surface area (Å²) in [6.07, 6.45) is 2.19. The van der Waals surface area contributed by atoms with E-state index in [1.165, 1.54) is 12.1 Å². The van der Waals surface area contributed by atoms with Gasteiger partial charge in [-0.05, 0) is 38.9 Å². The summed E-state index contributed by atoms with van der Waals surface area (Å²) in [5, 5.41) is 6.66. The topological polar surface area (TPSA) is 50.1 Å². The van der Waals surface area contributed by atoms with Crippen LogP contribution in [0.2, 0.25) is 0 Å². The van der Waals surface area contributed by atoms with Gasteiger partial charge in [0.1, 0.15) is 5.76 Å². The van der Waals surface area contributed by atoms with Gasteiger partial charge in [0.2, 0.25) is 0 Å². The Kier molecular flexibility index (Phi) is 2.69. The summed E-state index contributed by atoms with van der Waals surface area (Å²) in [6, 6.07) is 0. The second-order valence-electron chi connectivity index (χ2n) is 4.97. The fraction of sp³-hybridized carbons (Fsp3) is 0.750. The Bertz CT molecular complexity index is 364. The zero-order chi connectivity index (χ0) is 11.0. The molecule has 1 unspecified atom stereocenters. The van der Waals surface area contributed by atoms with E-state index >= 15 is 0 Å². The maximum atomic E-state index is 5.77. The smallest absolute Gasteiger partial charge is 0.194 e. The second-order valence-corrected chi connectivity index (χ2v) is 4.97. The van der Waals surface area contributed by atoms with E-state index < -0.39 is 0 Å². The normalized spacial score (nSPS) is 25.9. The molecule has 4 heteroatoms. The lowest BCUT2D eigenvalue weighted by Crippen LogP contribution is -2.43. The van der Waals surface area contributed by atoms with Crippen LogP contribution in [0, 0.1) is 12.8 Å². The first-order valence-corrected chi connectivity index (χ1v) is 6.20. The molecule has 1 aromatic rings. The number of nitrogens with one attached hydrogen (secondary N) is 2. The van der Waals surface area contributed by atoms with Gasteiger partial charge in [-0.2, -0.15) is 0 Å². The molecule has 2 aliphatic rings. The number of rotatable bonds is 3. The molecule has 3 rings (SSSR count). The lowest BCUT2D eigenvalue weighted by molar-refractivity contribution is 0.315. The third-order valence-electron chi connectivity index (χ3n) is 3.65. The molecule has 0 spiro atoms. The largest absolute Gasteiger partial charge is 0.446 e. The molecule has 2 saturated heterocycles. The fourth-order valence-corrected chi connectivity index (χ4v) is 2.56. The molecule has 3 heterocycles. The fourth-order valence-electron chi connectivity index (χ4n) is 2.56. The molecule has 16 heavy (non-hydrogen) atoms. The van der Waals surface area contributed by atoms with Crippen LogP contribution in [0.3, 0.4) is 0 Å². The van der Waals surface area contributed by atoms with Crippen molar-refractivity contribution >= 4 is 0 Å². The molecule has 2 N–H and O–H groups in total. The van der Waals surface area contributed by atoms with E-state index in [0.29, 0.717) is 5.92 Å². The first kappa shape index (κ1) is 10.3. The van der Waals surface area contributed by atoms with Crippen molar-refractivity contribution in [2.75, 3.05) is 26.2 Å². The molecule has 1 aromatic heterocycles. The number of aromatic nitrogens is 1. The van der Waals surface area contributed by atoms with Crippen LogP contribution >= 0.6 is 0 Å². The summed E-state index contributed by atoms with van der Waals surface area (Å²) in [6.45, 7) is 6.43. The number of hydrogen-bond donors (Lipinski definition) is 2. The van der Waals surface area contributed by atoms with Crippen molar-refractivity contribution in [1.29, 1.82) is 0 Å². The molecule has 0 saturated carbocycles. The van der Waals surface area contributed by atoms with Gasteiger partial charge in [0.25, 0.3) is 0 Å². The van der Waals surface area contributed by atoms with Crippen molar-refractivity contribution in [3.05, 3.63) is 17.3 Å². The third kappa shape index (κ3) is 1.87. The average molecular weight is 221 g/mol. The highest BCUT2D eigenvalue weighted by atomic mass is 16.4. The van der Waals surface area contributed by atoms with Crippen LogP contribution < -0.4 is 10.6 Å². The zero-order valence-electron chi connectivity index (χ0n) is 9.75. The van der Waals surface area contributed by atoms with Gasteiger partial charge in [-0.15, -0.1) is 0 Å². The monoisotopic (exact) mass is 221 g/mol. The Morgan fingerprint density at radius 3 is 2.81 bits per heavy atom. The number of oxazole rings is 1. The quantitative estimate of drug-likeness (QED) is 0.793. The first-order chi connectivity index (χ1) is 7.83. The molecular weight excluding hydrogens is 202 g/mol. The molecule has 1 atom stereocenters.